The summed E-state index contributed by atoms with van der Waals surface area (Å²) in [6, 6.07) is 3.83. The Kier molecular flexibility index (Phi) is 5.72. The Labute approximate surface area is 114 Å². The molecular weight excluding hydrogens is 304 g/mol. The second kappa shape index (κ2) is 6.83. The minimum atomic E-state index is -0.952. The van der Waals surface area contributed by atoms with E-state index in [0.29, 0.717) is 12.5 Å². The summed E-state index contributed by atoms with van der Waals surface area (Å²) in [7, 11) is 0. The van der Waals surface area contributed by atoms with Crippen molar-refractivity contribution in [3.63, 3.8) is 0 Å². The maximum Gasteiger partial charge on any atom is 0.224 e. The molecule has 0 aliphatic rings. The third-order valence-electron chi connectivity index (χ3n) is 2.60. The van der Waals surface area contributed by atoms with Gasteiger partial charge >= 0.3 is 0 Å². The first-order chi connectivity index (χ1) is 8.41. The van der Waals surface area contributed by atoms with Gasteiger partial charge < -0.3 is 5.32 Å². The summed E-state index contributed by atoms with van der Waals surface area (Å²) in [6.45, 7) is 4.52. The number of halogens is 3. The molecule has 1 atom stereocenters. The van der Waals surface area contributed by atoms with Crippen molar-refractivity contribution in [2.75, 3.05) is 6.54 Å². The van der Waals surface area contributed by atoms with E-state index in [4.69, 9.17) is 0 Å². The summed E-state index contributed by atoms with van der Waals surface area (Å²) < 4.78 is 26.3. The smallest absolute Gasteiger partial charge is 0.224 e. The fourth-order valence-corrected chi connectivity index (χ4v) is 1.53. The lowest BCUT2D eigenvalue weighted by Gasteiger charge is -2.14. The third kappa shape index (κ3) is 4.37. The van der Waals surface area contributed by atoms with Crippen molar-refractivity contribution >= 4 is 21.8 Å². The Morgan fingerprint density at radius 1 is 1.39 bits per heavy atom. The number of alkyl halides is 1. The van der Waals surface area contributed by atoms with Crippen LogP contribution in [0.1, 0.15) is 19.4 Å². The first kappa shape index (κ1) is 15.1. The van der Waals surface area contributed by atoms with Crippen LogP contribution < -0.4 is 5.32 Å². The Bertz CT molecular complexity index is 423. The Morgan fingerprint density at radius 3 is 2.67 bits per heavy atom. The fourth-order valence-electron chi connectivity index (χ4n) is 1.37. The van der Waals surface area contributed by atoms with Crippen LogP contribution in [-0.2, 0) is 11.2 Å². The largest absolute Gasteiger partial charge is 0.355 e. The molecule has 0 radical (unpaired) electrons. The summed E-state index contributed by atoms with van der Waals surface area (Å²) in [5.41, 5.74) is 0.0724. The number of benzene rings is 1. The van der Waals surface area contributed by atoms with E-state index in [-0.39, 0.29) is 22.7 Å². The average Bonchev–Trinajstić information content (AvgIpc) is 2.32. The lowest BCUT2D eigenvalue weighted by atomic mass is 10.1. The van der Waals surface area contributed by atoms with Gasteiger partial charge in [0, 0.05) is 16.9 Å². The van der Waals surface area contributed by atoms with E-state index in [1.165, 1.54) is 12.1 Å². The van der Waals surface area contributed by atoms with Gasteiger partial charge in [-0.3, -0.25) is 4.79 Å². The normalized spacial score (nSPS) is 12.6. The second-order valence-corrected chi connectivity index (χ2v) is 5.63. The molecule has 2 nitrogen and oxygen atoms in total. The van der Waals surface area contributed by atoms with Crippen molar-refractivity contribution in [2.45, 2.75) is 25.1 Å². The van der Waals surface area contributed by atoms with Crippen LogP contribution >= 0.6 is 15.9 Å². The quantitative estimate of drug-likeness (QED) is 0.830. The van der Waals surface area contributed by atoms with E-state index in [9.17, 15) is 13.6 Å². The van der Waals surface area contributed by atoms with Gasteiger partial charge in [0.25, 0.3) is 0 Å². The zero-order valence-corrected chi connectivity index (χ0v) is 11.9. The van der Waals surface area contributed by atoms with Crippen molar-refractivity contribution in [1.82, 2.24) is 5.32 Å². The van der Waals surface area contributed by atoms with Crippen molar-refractivity contribution in [3.05, 3.63) is 35.4 Å². The van der Waals surface area contributed by atoms with Gasteiger partial charge in [-0.05, 0) is 12.0 Å². The van der Waals surface area contributed by atoms with E-state index in [0.717, 1.165) is 6.07 Å². The average molecular weight is 320 g/mol. The van der Waals surface area contributed by atoms with E-state index >= 15 is 0 Å². The van der Waals surface area contributed by atoms with Gasteiger partial charge in [-0.15, -0.1) is 0 Å². The van der Waals surface area contributed by atoms with Crippen LogP contribution in [-0.4, -0.2) is 17.3 Å². The minimum Gasteiger partial charge on any atom is -0.355 e. The Hall–Kier alpha value is -0.970. The molecule has 1 amide bonds. The molecule has 0 aliphatic carbocycles. The number of hydrogen-bond donors (Lipinski definition) is 1. The van der Waals surface area contributed by atoms with E-state index in [1.807, 2.05) is 13.8 Å². The van der Waals surface area contributed by atoms with Gasteiger partial charge in [0.05, 0.1) is 6.42 Å². The summed E-state index contributed by atoms with van der Waals surface area (Å²) in [6.07, 6.45) is -0.151. The molecular formula is C13H16BrF2NO. The zero-order valence-electron chi connectivity index (χ0n) is 10.3. The Balaban J connectivity index is 2.52. The number of rotatable bonds is 5. The molecule has 0 fully saturated rings. The highest BCUT2D eigenvalue weighted by Crippen LogP contribution is 2.13. The first-order valence-corrected chi connectivity index (χ1v) is 6.67. The zero-order chi connectivity index (χ0) is 13.7. The molecule has 100 valence electrons. The van der Waals surface area contributed by atoms with Gasteiger partial charge in [-0.1, -0.05) is 41.9 Å². The molecule has 0 spiro atoms. The Morgan fingerprint density at radius 2 is 2.06 bits per heavy atom. The summed E-state index contributed by atoms with van der Waals surface area (Å²) in [4.78, 5) is 11.7. The number of nitrogens with one attached hydrogen (secondary N) is 1. The second-order valence-electron chi connectivity index (χ2n) is 4.45. The molecule has 0 saturated carbocycles. The predicted molar refractivity (Wildman–Crippen MR) is 70.6 cm³/mol. The van der Waals surface area contributed by atoms with Gasteiger partial charge in [-0.25, -0.2) is 8.78 Å². The van der Waals surface area contributed by atoms with Gasteiger partial charge in [0.15, 0.2) is 11.6 Å². The molecule has 1 unspecified atom stereocenters. The first-order valence-electron chi connectivity index (χ1n) is 5.75. The van der Waals surface area contributed by atoms with Crippen molar-refractivity contribution < 1.29 is 13.6 Å². The number of carbonyl (C=O) groups excluding carboxylic acids is 1. The summed E-state index contributed by atoms with van der Waals surface area (Å²) in [5, 5.41) is 2.68. The highest BCUT2D eigenvalue weighted by atomic mass is 79.9. The molecule has 0 aliphatic heterocycles. The van der Waals surface area contributed by atoms with Gasteiger partial charge in [0.2, 0.25) is 5.91 Å². The third-order valence-corrected chi connectivity index (χ3v) is 3.98. The molecule has 1 rings (SSSR count). The standard InChI is InChI=1S/C13H16BrF2NO/c1-8(2)10(14)7-17-12(18)6-9-4-3-5-11(15)13(9)16/h3-5,8,10H,6-7H2,1-2H3,(H,17,18). The predicted octanol–water partition coefficient (Wildman–Crippen LogP) is 3.04. The topological polar surface area (TPSA) is 29.1 Å². The molecule has 0 saturated heterocycles. The van der Waals surface area contributed by atoms with E-state index < -0.39 is 11.6 Å². The van der Waals surface area contributed by atoms with Gasteiger partial charge in [-0.2, -0.15) is 0 Å². The molecule has 18 heavy (non-hydrogen) atoms. The molecule has 0 bridgehead atoms. The lowest BCUT2D eigenvalue weighted by Crippen LogP contribution is -2.32. The van der Waals surface area contributed by atoms with Crippen LogP contribution in [0, 0.1) is 17.6 Å². The molecule has 1 N–H and O–H groups in total. The maximum atomic E-state index is 13.3. The van der Waals surface area contributed by atoms with Crippen molar-refractivity contribution in [3.8, 4) is 0 Å². The van der Waals surface area contributed by atoms with Crippen LogP contribution in [0.3, 0.4) is 0 Å². The van der Waals surface area contributed by atoms with Crippen molar-refractivity contribution in [1.29, 1.82) is 0 Å². The molecule has 0 aromatic heterocycles. The maximum absolute atomic E-state index is 13.3. The SMILES string of the molecule is CC(C)C(Br)CNC(=O)Cc1cccc(F)c1F. The molecule has 0 heterocycles. The van der Waals surface area contributed by atoms with Crippen LogP contribution in [0.15, 0.2) is 18.2 Å². The van der Waals surface area contributed by atoms with Crippen molar-refractivity contribution in [2.24, 2.45) is 5.92 Å². The van der Waals surface area contributed by atoms with Crippen LogP contribution in [0.25, 0.3) is 0 Å². The fraction of sp³-hybridized carbons (Fsp3) is 0.462. The van der Waals surface area contributed by atoms with Crippen LogP contribution in [0.4, 0.5) is 8.78 Å². The number of carbonyl (C=O) groups is 1. The monoisotopic (exact) mass is 319 g/mol. The summed E-state index contributed by atoms with van der Waals surface area (Å²) in [5.74, 6) is -1.81. The molecule has 1 aromatic carbocycles. The van der Waals surface area contributed by atoms with E-state index in [1.54, 1.807) is 0 Å². The summed E-state index contributed by atoms with van der Waals surface area (Å²) >= 11 is 3.43. The van der Waals surface area contributed by atoms with Gasteiger partial charge in [0.1, 0.15) is 0 Å². The lowest BCUT2D eigenvalue weighted by molar-refractivity contribution is -0.120. The molecule has 1 aromatic rings. The minimum absolute atomic E-state index is 0.0724. The molecule has 5 heteroatoms. The van der Waals surface area contributed by atoms with Crippen LogP contribution in [0.5, 0.6) is 0 Å². The number of hydrogen-bond acceptors (Lipinski definition) is 1. The number of amides is 1. The highest BCUT2D eigenvalue weighted by molar-refractivity contribution is 9.09. The highest BCUT2D eigenvalue weighted by Gasteiger charge is 2.14. The van der Waals surface area contributed by atoms with E-state index in [2.05, 4.69) is 21.2 Å². The van der Waals surface area contributed by atoms with Crippen LogP contribution in [0.2, 0.25) is 0 Å².